The molecule has 0 spiro atoms. The monoisotopic (exact) mass is 361 g/mol. The van der Waals surface area contributed by atoms with E-state index in [0.29, 0.717) is 16.2 Å². The van der Waals surface area contributed by atoms with Crippen LogP contribution in [-0.2, 0) is 0 Å². The van der Waals surface area contributed by atoms with Crippen molar-refractivity contribution in [1.29, 1.82) is 0 Å². The number of phenols is 1. The van der Waals surface area contributed by atoms with Gasteiger partial charge in [0.15, 0.2) is 0 Å². The maximum Gasteiger partial charge on any atom is 0.283 e. The molecule has 8 nitrogen and oxygen atoms in total. The molecule has 130 valence electrons. The highest BCUT2D eigenvalue weighted by atomic mass is 32.2. The number of nitro groups is 1. The molecule has 9 heteroatoms. The molecule has 2 aromatic carbocycles. The minimum Gasteiger partial charge on any atom is -0.507 e. The lowest BCUT2D eigenvalue weighted by atomic mass is 10.2. The molecule has 2 aromatic rings. The molecule has 1 amide bonds. The normalized spacial score (nSPS) is 10.8. The second kappa shape index (κ2) is 8.81. The van der Waals surface area contributed by atoms with E-state index in [-0.39, 0.29) is 23.6 Å². The van der Waals surface area contributed by atoms with Crippen LogP contribution < -0.4 is 5.43 Å². The Labute approximate surface area is 147 Å². The third-order valence-electron chi connectivity index (χ3n) is 3.06. The molecule has 0 aromatic heterocycles. The Morgan fingerprint density at radius 2 is 2.08 bits per heavy atom. The van der Waals surface area contributed by atoms with Crippen molar-refractivity contribution >= 4 is 29.6 Å². The van der Waals surface area contributed by atoms with Crippen molar-refractivity contribution in [2.45, 2.75) is 4.90 Å². The second-order valence-electron chi connectivity index (χ2n) is 4.77. The maximum atomic E-state index is 11.9. The summed E-state index contributed by atoms with van der Waals surface area (Å²) in [5.74, 6) is -0.416. The Balaban J connectivity index is 2.10. The summed E-state index contributed by atoms with van der Waals surface area (Å²) in [6, 6.07) is 10.5. The lowest BCUT2D eigenvalue weighted by molar-refractivity contribution is -0.387. The molecular formula is C16H15N3O5S. The zero-order valence-corrected chi connectivity index (χ0v) is 13.8. The summed E-state index contributed by atoms with van der Waals surface area (Å²) in [7, 11) is 0. The first-order valence-corrected chi connectivity index (χ1v) is 8.15. The van der Waals surface area contributed by atoms with Gasteiger partial charge in [0.05, 0.1) is 28.2 Å². The van der Waals surface area contributed by atoms with Gasteiger partial charge in [-0.3, -0.25) is 14.9 Å². The van der Waals surface area contributed by atoms with Crippen LogP contribution >= 0.6 is 11.8 Å². The van der Waals surface area contributed by atoms with Crippen LogP contribution in [0.5, 0.6) is 5.75 Å². The summed E-state index contributed by atoms with van der Waals surface area (Å²) < 4.78 is 0. The first-order chi connectivity index (χ1) is 12.0. The van der Waals surface area contributed by atoms with Crippen LogP contribution in [0.15, 0.2) is 52.5 Å². The van der Waals surface area contributed by atoms with Gasteiger partial charge >= 0.3 is 0 Å². The van der Waals surface area contributed by atoms with Crippen LogP contribution in [0.4, 0.5) is 5.69 Å². The highest BCUT2D eigenvalue weighted by Crippen LogP contribution is 2.29. The zero-order valence-electron chi connectivity index (χ0n) is 13.0. The molecule has 0 saturated carbocycles. The number of aliphatic hydroxyl groups is 1. The van der Waals surface area contributed by atoms with E-state index in [9.17, 15) is 20.0 Å². The van der Waals surface area contributed by atoms with Crippen LogP contribution in [-0.4, -0.2) is 39.6 Å². The number of aliphatic hydroxyl groups excluding tert-OH is 1. The highest BCUT2D eigenvalue weighted by Gasteiger charge is 2.14. The predicted octanol–water partition coefficient (Wildman–Crippen LogP) is 2.15. The Hall–Kier alpha value is -2.91. The number of hydrazone groups is 1. The van der Waals surface area contributed by atoms with Crippen LogP contribution in [0.2, 0.25) is 0 Å². The van der Waals surface area contributed by atoms with Crippen molar-refractivity contribution in [2.24, 2.45) is 5.10 Å². The van der Waals surface area contributed by atoms with Gasteiger partial charge < -0.3 is 10.2 Å². The minimum absolute atomic E-state index is 0.0707. The lowest BCUT2D eigenvalue weighted by Gasteiger charge is -2.03. The predicted molar refractivity (Wildman–Crippen MR) is 94.1 cm³/mol. The maximum absolute atomic E-state index is 11.9. The Bertz CT molecular complexity index is 810. The van der Waals surface area contributed by atoms with E-state index in [4.69, 9.17) is 5.11 Å². The molecule has 0 heterocycles. The van der Waals surface area contributed by atoms with E-state index in [1.54, 1.807) is 24.3 Å². The van der Waals surface area contributed by atoms with Crippen LogP contribution in [0.25, 0.3) is 0 Å². The number of benzene rings is 2. The Kier molecular flexibility index (Phi) is 6.49. The number of nitro benzene ring substituents is 1. The molecule has 0 atom stereocenters. The van der Waals surface area contributed by atoms with Gasteiger partial charge in [0.1, 0.15) is 5.75 Å². The smallest absolute Gasteiger partial charge is 0.283 e. The van der Waals surface area contributed by atoms with E-state index in [1.165, 1.54) is 36.2 Å². The quantitative estimate of drug-likeness (QED) is 0.300. The number of thioether (sulfide) groups is 1. The molecule has 0 aliphatic rings. The van der Waals surface area contributed by atoms with Crippen molar-refractivity contribution in [3.8, 4) is 5.75 Å². The summed E-state index contributed by atoms with van der Waals surface area (Å²) in [5, 5.41) is 33.3. The van der Waals surface area contributed by atoms with E-state index in [0.717, 1.165) is 0 Å². The number of carbonyl (C=O) groups is 1. The number of phenolic OH excluding ortho intramolecular Hbond substituents is 1. The summed E-state index contributed by atoms with van der Waals surface area (Å²) >= 11 is 1.18. The van der Waals surface area contributed by atoms with Gasteiger partial charge in [-0.25, -0.2) is 5.43 Å². The van der Waals surface area contributed by atoms with Crippen molar-refractivity contribution in [1.82, 2.24) is 5.43 Å². The van der Waals surface area contributed by atoms with Gasteiger partial charge in [-0.15, -0.1) is 11.8 Å². The second-order valence-corrected chi connectivity index (χ2v) is 5.91. The van der Waals surface area contributed by atoms with E-state index in [2.05, 4.69) is 10.5 Å². The molecule has 0 aliphatic carbocycles. The van der Waals surface area contributed by atoms with Gasteiger partial charge in [-0.05, 0) is 18.2 Å². The molecule has 0 radical (unpaired) electrons. The molecular weight excluding hydrogens is 346 g/mol. The van der Waals surface area contributed by atoms with Crippen molar-refractivity contribution < 1.29 is 19.9 Å². The first kappa shape index (κ1) is 18.4. The average Bonchev–Trinajstić information content (AvgIpc) is 2.60. The number of para-hydroxylation sites is 1. The Morgan fingerprint density at radius 1 is 1.32 bits per heavy atom. The SMILES string of the molecule is O=C(N/N=C\c1ccc(SCCO)c([N+](=O)[O-])c1)c1ccccc1O. The topological polar surface area (TPSA) is 125 Å². The number of nitrogens with one attached hydrogen (secondary N) is 1. The summed E-state index contributed by atoms with van der Waals surface area (Å²) in [4.78, 5) is 22.9. The molecule has 3 N–H and O–H groups in total. The van der Waals surface area contributed by atoms with Gasteiger partial charge in [-0.1, -0.05) is 18.2 Å². The summed E-state index contributed by atoms with van der Waals surface area (Å²) in [6.45, 7) is -0.0800. The van der Waals surface area contributed by atoms with Gasteiger partial charge in [0.2, 0.25) is 0 Å². The lowest BCUT2D eigenvalue weighted by Crippen LogP contribution is -2.17. The number of hydrogen-bond donors (Lipinski definition) is 3. The number of carbonyl (C=O) groups excluding carboxylic acids is 1. The largest absolute Gasteiger partial charge is 0.507 e. The van der Waals surface area contributed by atoms with E-state index < -0.39 is 10.8 Å². The summed E-state index contributed by atoms with van der Waals surface area (Å²) in [6.07, 6.45) is 1.27. The van der Waals surface area contributed by atoms with Crippen molar-refractivity contribution in [3.63, 3.8) is 0 Å². The standard InChI is InChI=1S/C16H15N3O5S/c20-7-8-25-15-6-5-11(9-13(15)19(23)24)10-17-18-16(22)12-3-1-2-4-14(12)21/h1-6,9-10,20-21H,7-8H2,(H,18,22)/b17-10-. The van der Waals surface area contributed by atoms with Gasteiger partial charge in [0, 0.05) is 17.4 Å². The molecule has 25 heavy (non-hydrogen) atoms. The molecule has 0 unspecified atom stereocenters. The first-order valence-electron chi connectivity index (χ1n) is 7.16. The van der Waals surface area contributed by atoms with Crippen LogP contribution in [0, 0.1) is 10.1 Å². The third kappa shape index (κ3) is 5.03. The van der Waals surface area contributed by atoms with Crippen molar-refractivity contribution in [2.75, 3.05) is 12.4 Å². The number of hydrogen-bond acceptors (Lipinski definition) is 7. The zero-order chi connectivity index (χ0) is 18.2. The average molecular weight is 361 g/mol. The number of nitrogens with zero attached hydrogens (tertiary/aromatic N) is 2. The number of rotatable bonds is 7. The Morgan fingerprint density at radius 3 is 2.76 bits per heavy atom. The highest BCUT2D eigenvalue weighted by molar-refractivity contribution is 7.99. The van der Waals surface area contributed by atoms with Gasteiger partial charge in [-0.2, -0.15) is 5.10 Å². The fraction of sp³-hybridized carbons (Fsp3) is 0.125. The molecule has 2 rings (SSSR count). The van der Waals surface area contributed by atoms with E-state index in [1.807, 2.05) is 0 Å². The fourth-order valence-electron chi connectivity index (χ4n) is 1.93. The molecule has 0 saturated heterocycles. The van der Waals surface area contributed by atoms with Crippen molar-refractivity contribution in [3.05, 3.63) is 63.7 Å². The molecule has 0 bridgehead atoms. The molecule has 0 fully saturated rings. The fourth-order valence-corrected chi connectivity index (χ4v) is 2.68. The van der Waals surface area contributed by atoms with Crippen LogP contribution in [0.1, 0.15) is 15.9 Å². The number of aromatic hydroxyl groups is 1. The summed E-state index contributed by atoms with van der Waals surface area (Å²) in [5.41, 5.74) is 2.64. The van der Waals surface area contributed by atoms with Gasteiger partial charge in [0.25, 0.3) is 11.6 Å². The minimum atomic E-state index is -0.598. The number of amides is 1. The van der Waals surface area contributed by atoms with E-state index >= 15 is 0 Å². The van der Waals surface area contributed by atoms with Crippen LogP contribution in [0.3, 0.4) is 0 Å². The third-order valence-corrected chi connectivity index (χ3v) is 4.10. The molecule has 0 aliphatic heterocycles.